The first kappa shape index (κ1) is 22.5. The quantitative estimate of drug-likeness (QED) is 0.604. The standard InChI is InChI=1S/C20H23F3N2O4S/c1-13(14-3-5-15(6-4-14)29-11-18(26)27-2)9-25-7-8-28-17(10-25)16-12-30-19(24-16)20(21,22)23/h3-6,12-13,17H,7-11H2,1-2H3. The molecule has 2 aromatic rings. The van der Waals surface area contributed by atoms with E-state index in [9.17, 15) is 18.0 Å². The normalized spacial score (nSPS) is 18.8. The van der Waals surface area contributed by atoms with E-state index in [-0.39, 0.29) is 12.5 Å². The second-order valence-electron chi connectivity index (χ2n) is 7.03. The van der Waals surface area contributed by atoms with Crippen LogP contribution in [0.2, 0.25) is 0 Å². The number of halogens is 3. The Morgan fingerprint density at radius 3 is 2.73 bits per heavy atom. The molecule has 30 heavy (non-hydrogen) atoms. The van der Waals surface area contributed by atoms with Gasteiger partial charge in [0.1, 0.15) is 11.9 Å². The summed E-state index contributed by atoms with van der Waals surface area (Å²) in [4.78, 5) is 17.0. The number of carbonyl (C=O) groups excluding carboxylic acids is 1. The molecule has 2 atom stereocenters. The Labute approximate surface area is 176 Å². The highest BCUT2D eigenvalue weighted by Gasteiger charge is 2.36. The Morgan fingerprint density at radius 2 is 2.10 bits per heavy atom. The van der Waals surface area contributed by atoms with Crippen molar-refractivity contribution in [3.63, 3.8) is 0 Å². The summed E-state index contributed by atoms with van der Waals surface area (Å²) in [5.74, 6) is 0.322. The maximum atomic E-state index is 12.8. The number of carbonyl (C=O) groups is 1. The highest BCUT2D eigenvalue weighted by molar-refractivity contribution is 7.09. The molecule has 0 N–H and O–H groups in total. The van der Waals surface area contributed by atoms with Crippen LogP contribution in [0.4, 0.5) is 13.2 Å². The van der Waals surface area contributed by atoms with Gasteiger partial charge < -0.3 is 14.2 Å². The van der Waals surface area contributed by atoms with Gasteiger partial charge in [0.2, 0.25) is 0 Å². The lowest BCUT2D eigenvalue weighted by Gasteiger charge is -2.34. The Hall–Kier alpha value is -2.17. The molecule has 2 heterocycles. The van der Waals surface area contributed by atoms with Crippen LogP contribution >= 0.6 is 11.3 Å². The number of aromatic nitrogens is 1. The van der Waals surface area contributed by atoms with Crippen LogP contribution in [0.25, 0.3) is 0 Å². The predicted molar refractivity (Wildman–Crippen MR) is 105 cm³/mol. The first-order valence-corrected chi connectivity index (χ1v) is 10.3. The monoisotopic (exact) mass is 444 g/mol. The van der Waals surface area contributed by atoms with Gasteiger partial charge in [-0.15, -0.1) is 11.3 Å². The summed E-state index contributed by atoms with van der Waals surface area (Å²) >= 11 is 0.595. The van der Waals surface area contributed by atoms with Gasteiger partial charge in [-0.2, -0.15) is 13.2 Å². The summed E-state index contributed by atoms with van der Waals surface area (Å²) in [5.41, 5.74) is 1.42. The lowest BCUT2D eigenvalue weighted by Crippen LogP contribution is -2.40. The third-order valence-electron chi connectivity index (χ3n) is 4.81. The van der Waals surface area contributed by atoms with Crippen LogP contribution in [0.5, 0.6) is 5.75 Å². The van der Waals surface area contributed by atoms with E-state index in [1.165, 1.54) is 12.5 Å². The molecule has 0 radical (unpaired) electrons. The Kier molecular flexibility index (Phi) is 7.32. The molecule has 1 aromatic heterocycles. The van der Waals surface area contributed by atoms with Crippen LogP contribution in [0, 0.1) is 0 Å². The zero-order valence-corrected chi connectivity index (χ0v) is 17.5. The number of hydrogen-bond acceptors (Lipinski definition) is 7. The molecule has 1 saturated heterocycles. The summed E-state index contributed by atoms with van der Waals surface area (Å²) in [6.45, 7) is 4.31. The molecule has 2 unspecified atom stereocenters. The second-order valence-corrected chi connectivity index (χ2v) is 7.89. The minimum Gasteiger partial charge on any atom is -0.482 e. The summed E-state index contributed by atoms with van der Waals surface area (Å²) in [5, 5.41) is 0.578. The van der Waals surface area contributed by atoms with Crippen molar-refractivity contribution in [1.29, 1.82) is 0 Å². The van der Waals surface area contributed by atoms with E-state index >= 15 is 0 Å². The van der Waals surface area contributed by atoms with Crippen molar-refractivity contribution < 1.29 is 32.2 Å². The molecule has 1 aromatic carbocycles. The Morgan fingerprint density at radius 1 is 1.37 bits per heavy atom. The van der Waals surface area contributed by atoms with Gasteiger partial charge in [-0.3, -0.25) is 4.90 Å². The zero-order chi connectivity index (χ0) is 21.7. The molecular weight excluding hydrogens is 421 g/mol. The van der Waals surface area contributed by atoms with Gasteiger partial charge in [-0.25, -0.2) is 9.78 Å². The van der Waals surface area contributed by atoms with Gasteiger partial charge in [0.15, 0.2) is 11.6 Å². The van der Waals surface area contributed by atoms with Gasteiger partial charge in [-0.05, 0) is 23.6 Å². The molecule has 6 nitrogen and oxygen atoms in total. The zero-order valence-electron chi connectivity index (χ0n) is 16.6. The third-order valence-corrected chi connectivity index (χ3v) is 5.72. The number of hydrogen-bond donors (Lipinski definition) is 0. The fraction of sp³-hybridized carbons (Fsp3) is 0.500. The van der Waals surface area contributed by atoms with E-state index in [2.05, 4.69) is 21.5 Å². The second kappa shape index (κ2) is 9.76. The van der Waals surface area contributed by atoms with Gasteiger partial charge >= 0.3 is 12.1 Å². The number of benzene rings is 1. The van der Waals surface area contributed by atoms with Crippen LogP contribution in [-0.2, 0) is 20.4 Å². The van der Waals surface area contributed by atoms with Gasteiger partial charge in [0, 0.05) is 25.0 Å². The predicted octanol–water partition coefficient (Wildman–Crippen LogP) is 3.89. The van der Waals surface area contributed by atoms with Crippen LogP contribution in [0.3, 0.4) is 0 Å². The Balaban J connectivity index is 1.55. The van der Waals surface area contributed by atoms with E-state index in [0.717, 1.165) is 12.1 Å². The van der Waals surface area contributed by atoms with Crippen molar-refractivity contribution in [1.82, 2.24) is 9.88 Å². The maximum Gasteiger partial charge on any atom is 0.443 e. The largest absolute Gasteiger partial charge is 0.482 e. The molecule has 0 aliphatic carbocycles. The molecule has 1 aliphatic heterocycles. The van der Waals surface area contributed by atoms with Crippen LogP contribution in [0.1, 0.15) is 35.2 Å². The van der Waals surface area contributed by atoms with E-state index in [1.807, 2.05) is 12.1 Å². The molecule has 10 heteroatoms. The van der Waals surface area contributed by atoms with Crippen molar-refractivity contribution in [2.75, 3.05) is 40.0 Å². The van der Waals surface area contributed by atoms with Crippen LogP contribution in [-0.4, -0.2) is 55.8 Å². The number of morpholine rings is 1. The van der Waals surface area contributed by atoms with Gasteiger partial charge in [0.05, 0.1) is 19.4 Å². The average Bonchev–Trinajstić information content (AvgIpc) is 3.23. The van der Waals surface area contributed by atoms with Crippen molar-refractivity contribution in [3.8, 4) is 5.75 Å². The average molecular weight is 444 g/mol. The summed E-state index contributed by atoms with van der Waals surface area (Å²) in [6.07, 6.45) is -4.90. The molecule has 1 aliphatic rings. The molecule has 0 saturated carbocycles. The molecule has 1 fully saturated rings. The SMILES string of the molecule is COC(=O)COc1ccc(C(C)CN2CCOC(c3csc(C(F)(F)F)n3)C2)cc1. The summed E-state index contributed by atoms with van der Waals surface area (Å²) < 4.78 is 54.0. The lowest BCUT2D eigenvalue weighted by atomic mass is 10.00. The molecule has 0 bridgehead atoms. The first-order chi connectivity index (χ1) is 14.3. The number of methoxy groups -OCH3 is 1. The molecule has 3 rings (SSSR count). The Bertz CT molecular complexity index is 841. The van der Waals surface area contributed by atoms with E-state index in [1.54, 1.807) is 12.1 Å². The van der Waals surface area contributed by atoms with E-state index in [4.69, 9.17) is 9.47 Å². The molecule has 164 valence electrons. The van der Waals surface area contributed by atoms with Gasteiger partial charge in [0.25, 0.3) is 0 Å². The number of rotatable bonds is 7. The van der Waals surface area contributed by atoms with E-state index in [0.29, 0.717) is 42.5 Å². The highest BCUT2D eigenvalue weighted by atomic mass is 32.1. The number of alkyl halides is 3. The molecule has 0 spiro atoms. The maximum absolute atomic E-state index is 12.8. The van der Waals surface area contributed by atoms with Gasteiger partial charge in [-0.1, -0.05) is 19.1 Å². The van der Waals surface area contributed by atoms with Crippen molar-refractivity contribution in [2.24, 2.45) is 0 Å². The fourth-order valence-electron chi connectivity index (χ4n) is 3.20. The number of thiazole rings is 1. The lowest BCUT2D eigenvalue weighted by molar-refractivity contribution is -0.143. The summed E-state index contributed by atoms with van der Waals surface area (Å²) in [6, 6.07) is 7.46. The highest BCUT2D eigenvalue weighted by Crippen LogP contribution is 2.34. The first-order valence-electron chi connectivity index (χ1n) is 9.42. The third kappa shape index (κ3) is 5.93. The minimum absolute atomic E-state index is 0.146. The molecule has 0 amide bonds. The van der Waals surface area contributed by atoms with Crippen LogP contribution in [0.15, 0.2) is 29.6 Å². The number of esters is 1. The van der Waals surface area contributed by atoms with Crippen molar-refractivity contribution >= 4 is 17.3 Å². The smallest absolute Gasteiger partial charge is 0.443 e. The van der Waals surface area contributed by atoms with Crippen LogP contribution < -0.4 is 4.74 Å². The molecular formula is C20H23F3N2O4S. The van der Waals surface area contributed by atoms with E-state index < -0.39 is 23.3 Å². The fourth-order valence-corrected chi connectivity index (χ4v) is 3.93. The van der Waals surface area contributed by atoms with Crippen molar-refractivity contribution in [3.05, 3.63) is 45.9 Å². The minimum atomic E-state index is -4.43. The topological polar surface area (TPSA) is 60.9 Å². The summed E-state index contributed by atoms with van der Waals surface area (Å²) in [7, 11) is 1.30. The number of nitrogens with zero attached hydrogens (tertiary/aromatic N) is 2. The van der Waals surface area contributed by atoms with Crippen molar-refractivity contribution in [2.45, 2.75) is 25.1 Å². The number of ether oxygens (including phenoxy) is 3.